The van der Waals surface area contributed by atoms with Crippen molar-refractivity contribution in [2.24, 2.45) is 0 Å². The maximum Gasteiger partial charge on any atom is 0.326 e. The summed E-state index contributed by atoms with van der Waals surface area (Å²) in [5.74, 6) is -1.80. The van der Waals surface area contributed by atoms with Crippen LogP contribution in [0.3, 0.4) is 0 Å². The summed E-state index contributed by atoms with van der Waals surface area (Å²) < 4.78 is 0.384. The van der Waals surface area contributed by atoms with E-state index in [1.54, 1.807) is 6.08 Å². The van der Waals surface area contributed by atoms with Crippen LogP contribution in [0.15, 0.2) is 59.5 Å². The maximum atomic E-state index is 12.7. The van der Waals surface area contributed by atoms with Crippen LogP contribution in [0.1, 0.15) is 23.1 Å². The van der Waals surface area contributed by atoms with Crippen LogP contribution in [-0.4, -0.2) is 44.7 Å². The summed E-state index contributed by atoms with van der Waals surface area (Å²) in [6, 6.07) is 15.8. The van der Waals surface area contributed by atoms with Crippen molar-refractivity contribution in [2.45, 2.75) is 25.8 Å². The molecule has 0 saturated carbocycles. The molecule has 0 spiro atoms. The van der Waals surface area contributed by atoms with Gasteiger partial charge in [0, 0.05) is 19.4 Å². The van der Waals surface area contributed by atoms with Gasteiger partial charge in [-0.1, -0.05) is 84.1 Å². The molecule has 1 unspecified atom stereocenters. The monoisotopic (exact) mass is 454 g/mol. The Morgan fingerprint density at radius 3 is 2.48 bits per heavy atom. The second kappa shape index (κ2) is 10.4. The Balaban J connectivity index is 1.57. The topological polar surface area (TPSA) is 86.7 Å². The SMILES string of the molecule is Cc1ccc(/C=C2\SC(=S)N(CCC(=O)NC(Cc3ccccc3)C(=O)O)C2=O)cc1. The van der Waals surface area contributed by atoms with Crippen molar-refractivity contribution in [3.8, 4) is 0 Å². The van der Waals surface area contributed by atoms with Gasteiger partial charge in [0.25, 0.3) is 5.91 Å². The van der Waals surface area contributed by atoms with Crippen LogP contribution in [0.4, 0.5) is 0 Å². The highest BCUT2D eigenvalue weighted by atomic mass is 32.2. The van der Waals surface area contributed by atoms with Gasteiger partial charge in [0.1, 0.15) is 10.4 Å². The molecule has 2 amide bonds. The van der Waals surface area contributed by atoms with E-state index < -0.39 is 17.9 Å². The third-order valence-corrected chi connectivity index (χ3v) is 6.10. The number of nitrogens with one attached hydrogen (secondary N) is 1. The van der Waals surface area contributed by atoms with Crippen LogP contribution >= 0.6 is 24.0 Å². The van der Waals surface area contributed by atoms with E-state index in [0.29, 0.717) is 9.23 Å². The normalized spacial score (nSPS) is 15.9. The Morgan fingerprint density at radius 2 is 1.84 bits per heavy atom. The molecule has 1 heterocycles. The first-order chi connectivity index (χ1) is 14.8. The van der Waals surface area contributed by atoms with Gasteiger partial charge in [-0.15, -0.1) is 0 Å². The minimum atomic E-state index is -1.11. The maximum absolute atomic E-state index is 12.7. The lowest BCUT2D eigenvalue weighted by Crippen LogP contribution is -2.43. The van der Waals surface area contributed by atoms with Crippen LogP contribution in [0, 0.1) is 6.92 Å². The summed E-state index contributed by atoms with van der Waals surface area (Å²) in [5.41, 5.74) is 2.84. The number of hydrogen-bond acceptors (Lipinski definition) is 5. The zero-order valence-corrected chi connectivity index (χ0v) is 18.5. The molecule has 2 aromatic rings. The molecular weight excluding hydrogens is 432 g/mol. The summed E-state index contributed by atoms with van der Waals surface area (Å²) in [5, 5.41) is 12.0. The molecule has 1 aliphatic heterocycles. The molecule has 8 heteroatoms. The fourth-order valence-corrected chi connectivity index (χ4v) is 4.35. The molecule has 0 bridgehead atoms. The van der Waals surface area contributed by atoms with Gasteiger partial charge in [-0.05, 0) is 24.1 Å². The van der Waals surface area contributed by atoms with Gasteiger partial charge in [-0.2, -0.15) is 0 Å². The Hall–Kier alpha value is -2.97. The Labute approximate surface area is 190 Å². The van der Waals surface area contributed by atoms with Gasteiger partial charge in [0.05, 0.1) is 4.91 Å². The van der Waals surface area contributed by atoms with E-state index in [2.05, 4.69) is 5.32 Å². The van der Waals surface area contributed by atoms with E-state index in [9.17, 15) is 19.5 Å². The number of carbonyl (C=O) groups excluding carboxylic acids is 2. The third kappa shape index (κ3) is 6.26. The van der Waals surface area contributed by atoms with E-state index in [1.165, 1.54) is 16.7 Å². The van der Waals surface area contributed by atoms with Crippen molar-refractivity contribution < 1.29 is 19.5 Å². The van der Waals surface area contributed by atoms with Crippen molar-refractivity contribution in [3.63, 3.8) is 0 Å². The summed E-state index contributed by atoms with van der Waals surface area (Å²) >= 11 is 6.50. The van der Waals surface area contributed by atoms with Crippen molar-refractivity contribution in [3.05, 3.63) is 76.2 Å². The smallest absolute Gasteiger partial charge is 0.326 e. The average Bonchev–Trinajstić information content (AvgIpc) is 3.01. The fraction of sp³-hybridized carbons (Fsp3) is 0.217. The first kappa shape index (κ1) is 22.7. The van der Waals surface area contributed by atoms with Crippen LogP contribution < -0.4 is 5.32 Å². The quantitative estimate of drug-likeness (QED) is 0.470. The molecule has 0 aliphatic carbocycles. The molecular formula is C23H22N2O4S2. The molecule has 2 N–H and O–H groups in total. The Morgan fingerprint density at radius 1 is 1.16 bits per heavy atom. The summed E-state index contributed by atoms with van der Waals surface area (Å²) in [4.78, 5) is 38.5. The van der Waals surface area contributed by atoms with Gasteiger partial charge in [-0.25, -0.2) is 4.79 Å². The lowest BCUT2D eigenvalue weighted by molar-refractivity contribution is -0.141. The third-order valence-electron chi connectivity index (χ3n) is 4.73. The van der Waals surface area contributed by atoms with Crippen LogP contribution in [-0.2, 0) is 20.8 Å². The summed E-state index contributed by atoms with van der Waals surface area (Å²) in [6.07, 6.45) is 1.92. The second-order valence-electron chi connectivity index (χ2n) is 7.14. The molecule has 1 fully saturated rings. The second-order valence-corrected chi connectivity index (χ2v) is 8.82. The molecule has 1 saturated heterocycles. The minimum absolute atomic E-state index is 0.0389. The number of aliphatic carboxylic acids is 1. The summed E-state index contributed by atoms with van der Waals surface area (Å²) in [7, 11) is 0. The molecule has 6 nitrogen and oxygen atoms in total. The molecule has 31 heavy (non-hydrogen) atoms. The van der Waals surface area contributed by atoms with Gasteiger partial charge in [-0.3, -0.25) is 14.5 Å². The number of carbonyl (C=O) groups is 3. The number of amides is 2. The molecule has 0 aromatic heterocycles. The van der Waals surface area contributed by atoms with Crippen molar-refractivity contribution >= 4 is 52.2 Å². The molecule has 2 aromatic carbocycles. The van der Waals surface area contributed by atoms with E-state index in [-0.39, 0.29) is 25.3 Å². The van der Waals surface area contributed by atoms with E-state index in [1.807, 2.05) is 61.5 Å². The standard InChI is InChI=1S/C23H22N2O4S2/c1-15-7-9-17(10-8-15)14-19-21(27)25(23(30)31-19)12-11-20(26)24-18(22(28)29)13-16-5-3-2-4-6-16/h2-10,14,18H,11-13H2,1H3,(H,24,26)(H,28,29)/b19-14-. The van der Waals surface area contributed by atoms with Gasteiger partial charge in [0.2, 0.25) is 5.91 Å². The lowest BCUT2D eigenvalue weighted by atomic mass is 10.1. The summed E-state index contributed by atoms with van der Waals surface area (Å²) in [6.45, 7) is 2.09. The average molecular weight is 455 g/mol. The predicted molar refractivity (Wildman–Crippen MR) is 125 cm³/mol. The number of carboxylic acids is 1. The number of aryl methyl sites for hydroxylation is 1. The number of nitrogens with zero attached hydrogens (tertiary/aromatic N) is 1. The molecule has 1 aliphatic rings. The van der Waals surface area contributed by atoms with Crippen molar-refractivity contribution in [2.75, 3.05) is 6.54 Å². The zero-order chi connectivity index (χ0) is 22.4. The van der Waals surface area contributed by atoms with E-state index in [0.717, 1.165) is 16.7 Å². The molecule has 0 radical (unpaired) electrons. The number of carboxylic acid groups (broad SMARTS) is 1. The Bertz CT molecular complexity index is 1020. The van der Waals surface area contributed by atoms with E-state index >= 15 is 0 Å². The number of rotatable bonds is 8. The Kier molecular flexibility index (Phi) is 7.59. The largest absolute Gasteiger partial charge is 0.480 e. The number of thiocarbonyl (C=S) groups is 1. The van der Waals surface area contributed by atoms with E-state index in [4.69, 9.17) is 12.2 Å². The van der Waals surface area contributed by atoms with Crippen LogP contribution in [0.25, 0.3) is 6.08 Å². The molecule has 1 atom stereocenters. The minimum Gasteiger partial charge on any atom is -0.480 e. The first-order valence-electron chi connectivity index (χ1n) is 9.71. The van der Waals surface area contributed by atoms with Crippen LogP contribution in [0.2, 0.25) is 0 Å². The number of hydrogen-bond donors (Lipinski definition) is 2. The highest BCUT2D eigenvalue weighted by molar-refractivity contribution is 8.26. The van der Waals surface area contributed by atoms with Gasteiger partial charge >= 0.3 is 5.97 Å². The van der Waals surface area contributed by atoms with Crippen LogP contribution in [0.5, 0.6) is 0 Å². The van der Waals surface area contributed by atoms with Crippen molar-refractivity contribution in [1.82, 2.24) is 10.2 Å². The van der Waals surface area contributed by atoms with Crippen molar-refractivity contribution in [1.29, 1.82) is 0 Å². The zero-order valence-electron chi connectivity index (χ0n) is 16.9. The lowest BCUT2D eigenvalue weighted by Gasteiger charge is -2.17. The molecule has 160 valence electrons. The number of thioether (sulfide) groups is 1. The molecule has 3 rings (SSSR count). The fourth-order valence-electron chi connectivity index (χ4n) is 3.04. The highest BCUT2D eigenvalue weighted by Crippen LogP contribution is 2.32. The number of benzene rings is 2. The highest BCUT2D eigenvalue weighted by Gasteiger charge is 2.32. The predicted octanol–water partition coefficient (Wildman–Crippen LogP) is 3.40. The van der Waals surface area contributed by atoms with Gasteiger partial charge < -0.3 is 10.4 Å². The first-order valence-corrected chi connectivity index (χ1v) is 10.9. The van der Waals surface area contributed by atoms with Gasteiger partial charge in [0.15, 0.2) is 0 Å².